The summed E-state index contributed by atoms with van der Waals surface area (Å²) in [4.78, 5) is 14.2. The molecule has 2 aromatic heterocycles. The Morgan fingerprint density at radius 3 is 2.63 bits per heavy atom. The van der Waals surface area contributed by atoms with E-state index in [1.165, 1.54) is 6.92 Å². The van der Waals surface area contributed by atoms with Crippen molar-refractivity contribution in [1.82, 2.24) is 15.2 Å². The summed E-state index contributed by atoms with van der Waals surface area (Å²) in [5.41, 5.74) is 0. The number of aryl methyl sites for hydroxylation is 2. The van der Waals surface area contributed by atoms with Crippen molar-refractivity contribution in [3.8, 4) is 0 Å². The Hall–Kier alpha value is -2.36. The first-order valence-corrected chi connectivity index (χ1v) is 6.53. The first-order chi connectivity index (χ1) is 8.79. The highest BCUT2D eigenvalue weighted by Gasteiger charge is 2.24. The zero-order valence-corrected chi connectivity index (χ0v) is 10.8. The maximum atomic E-state index is 12.0. The van der Waals surface area contributed by atoms with Crippen molar-refractivity contribution in [3.63, 3.8) is 0 Å². The first kappa shape index (κ1) is 13.1. The number of carboxylic acids is 1. The zero-order valence-electron chi connectivity index (χ0n) is 9.96. The molecule has 2 aromatic rings. The van der Waals surface area contributed by atoms with Crippen molar-refractivity contribution in [2.45, 2.75) is 18.7 Å². The monoisotopic (exact) mass is 286 g/mol. The van der Waals surface area contributed by atoms with Crippen LogP contribution in [0.25, 0.3) is 0 Å². The Bertz CT molecular complexity index is 730. The van der Waals surface area contributed by atoms with Gasteiger partial charge in [0.25, 0.3) is 16.0 Å². The fraction of sp³-hybridized carbons (Fsp3) is 0.222. The van der Waals surface area contributed by atoms with Crippen LogP contribution in [0, 0.1) is 13.8 Å². The number of carbonyl (C=O) groups is 1. The second kappa shape index (κ2) is 4.39. The molecular formula is C9H10N4O5S. The lowest BCUT2D eigenvalue weighted by molar-refractivity contribution is 0.0661. The van der Waals surface area contributed by atoms with Crippen LogP contribution in [0.5, 0.6) is 0 Å². The van der Waals surface area contributed by atoms with E-state index in [0.29, 0.717) is 5.82 Å². The van der Waals surface area contributed by atoms with Crippen LogP contribution >= 0.6 is 0 Å². The molecule has 19 heavy (non-hydrogen) atoms. The summed E-state index contributed by atoms with van der Waals surface area (Å²) in [5.74, 6) is -1.53. The minimum atomic E-state index is -4.00. The van der Waals surface area contributed by atoms with Gasteiger partial charge in [0.15, 0.2) is 0 Å². The number of sulfonamides is 1. The van der Waals surface area contributed by atoms with Crippen LogP contribution in [-0.2, 0) is 10.0 Å². The number of anilines is 1. The smallest absolute Gasteiger partial charge is 0.371 e. The van der Waals surface area contributed by atoms with Gasteiger partial charge in [0.05, 0.1) is 0 Å². The molecule has 0 amide bonds. The summed E-state index contributed by atoms with van der Waals surface area (Å²) in [7, 11) is -4.00. The van der Waals surface area contributed by atoms with Gasteiger partial charge in [0.1, 0.15) is 16.5 Å². The van der Waals surface area contributed by atoms with E-state index in [1.807, 2.05) is 0 Å². The predicted octanol–water partition coefficient (Wildman–Crippen LogP) is 0.514. The Kier molecular flexibility index (Phi) is 3.02. The van der Waals surface area contributed by atoms with Crippen LogP contribution in [0.3, 0.4) is 0 Å². The molecule has 2 rings (SSSR count). The zero-order chi connectivity index (χ0) is 14.2. The van der Waals surface area contributed by atoms with Gasteiger partial charge in [0.2, 0.25) is 5.76 Å². The summed E-state index contributed by atoms with van der Waals surface area (Å²) in [5, 5.41) is 14.8. The minimum Gasteiger partial charge on any atom is -0.475 e. The molecule has 0 aliphatic carbocycles. The van der Waals surface area contributed by atoms with Crippen molar-refractivity contribution in [2.24, 2.45) is 0 Å². The molecule has 0 unspecified atom stereocenters. The highest BCUT2D eigenvalue weighted by molar-refractivity contribution is 7.92. The fourth-order valence-electron chi connectivity index (χ4n) is 1.40. The maximum Gasteiger partial charge on any atom is 0.371 e. The molecule has 9 nitrogen and oxygen atoms in total. The second-order valence-corrected chi connectivity index (χ2v) is 5.34. The minimum absolute atomic E-state index is 0.0304. The number of nitrogens with zero attached hydrogens (tertiary/aromatic N) is 2. The fourth-order valence-corrected chi connectivity index (χ4v) is 2.52. The van der Waals surface area contributed by atoms with Crippen LogP contribution < -0.4 is 4.72 Å². The molecule has 0 aliphatic rings. The van der Waals surface area contributed by atoms with Crippen molar-refractivity contribution < 1.29 is 22.7 Å². The number of aromatic carboxylic acids is 1. The van der Waals surface area contributed by atoms with Crippen molar-refractivity contribution in [2.75, 3.05) is 4.72 Å². The number of nitrogens with one attached hydrogen (secondary N) is 2. The topological polar surface area (TPSA) is 138 Å². The number of rotatable bonds is 4. The summed E-state index contributed by atoms with van der Waals surface area (Å²) in [6, 6.07) is 0.930. The Labute approximate surface area is 107 Å². The number of furan rings is 1. The summed E-state index contributed by atoms with van der Waals surface area (Å²) < 4.78 is 31.0. The van der Waals surface area contributed by atoms with Crippen LogP contribution in [0.4, 0.5) is 5.95 Å². The van der Waals surface area contributed by atoms with Gasteiger partial charge in [-0.3, -0.25) is 5.10 Å². The Morgan fingerprint density at radius 2 is 2.16 bits per heavy atom. The molecule has 0 fully saturated rings. The van der Waals surface area contributed by atoms with E-state index < -0.39 is 21.8 Å². The van der Waals surface area contributed by atoms with Crippen LogP contribution in [-0.4, -0.2) is 34.7 Å². The van der Waals surface area contributed by atoms with Crippen LogP contribution in [0.2, 0.25) is 0 Å². The maximum absolute atomic E-state index is 12.0. The van der Waals surface area contributed by atoms with E-state index in [9.17, 15) is 13.2 Å². The number of carboxylic acid groups (broad SMARTS) is 1. The quantitative estimate of drug-likeness (QED) is 0.744. The lowest BCUT2D eigenvalue weighted by Gasteiger charge is -2.01. The van der Waals surface area contributed by atoms with Crippen molar-refractivity contribution in [1.29, 1.82) is 0 Å². The standard InChI is InChI=1S/C9H10N4O5S/c1-4-7(3-6(18-4)8(14)15)19(16,17)13-9-10-5(2)11-12-9/h3H,1-2H3,(H,14,15)(H2,10,11,12,13). The van der Waals surface area contributed by atoms with E-state index in [-0.39, 0.29) is 16.6 Å². The van der Waals surface area contributed by atoms with Gasteiger partial charge in [-0.05, 0) is 13.8 Å². The summed E-state index contributed by atoms with van der Waals surface area (Å²) in [6.45, 7) is 2.96. The van der Waals surface area contributed by atoms with Gasteiger partial charge in [0, 0.05) is 6.07 Å². The van der Waals surface area contributed by atoms with E-state index in [1.54, 1.807) is 6.92 Å². The highest BCUT2D eigenvalue weighted by Crippen LogP contribution is 2.21. The lowest BCUT2D eigenvalue weighted by atomic mass is 10.4. The van der Waals surface area contributed by atoms with Crippen LogP contribution in [0.1, 0.15) is 22.1 Å². The highest BCUT2D eigenvalue weighted by atomic mass is 32.2. The average molecular weight is 286 g/mol. The third-order valence-electron chi connectivity index (χ3n) is 2.20. The number of aromatic nitrogens is 3. The third-order valence-corrected chi connectivity index (χ3v) is 3.63. The van der Waals surface area contributed by atoms with Crippen LogP contribution in [0.15, 0.2) is 15.4 Å². The molecule has 2 heterocycles. The van der Waals surface area contributed by atoms with Crippen molar-refractivity contribution >= 4 is 21.9 Å². The summed E-state index contributed by atoms with van der Waals surface area (Å²) >= 11 is 0. The summed E-state index contributed by atoms with van der Waals surface area (Å²) in [6.07, 6.45) is 0. The largest absolute Gasteiger partial charge is 0.475 e. The molecule has 0 radical (unpaired) electrons. The van der Waals surface area contributed by atoms with E-state index in [0.717, 1.165) is 6.07 Å². The van der Waals surface area contributed by atoms with E-state index in [2.05, 4.69) is 19.9 Å². The van der Waals surface area contributed by atoms with Gasteiger partial charge >= 0.3 is 5.97 Å². The van der Waals surface area contributed by atoms with E-state index in [4.69, 9.17) is 9.52 Å². The lowest BCUT2D eigenvalue weighted by Crippen LogP contribution is -2.14. The SMILES string of the molecule is Cc1nc(NS(=O)(=O)c2cc(C(=O)O)oc2C)n[nH]1. The molecule has 0 atom stereocenters. The normalized spacial score (nSPS) is 11.5. The molecule has 10 heteroatoms. The molecule has 0 bridgehead atoms. The van der Waals surface area contributed by atoms with Crippen molar-refractivity contribution in [3.05, 3.63) is 23.4 Å². The first-order valence-electron chi connectivity index (χ1n) is 5.05. The molecule has 0 aliphatic heterocycles. The number of hydrogen-bond acceptors (Lipinski definition) is 6. The molecule has 0 saturated heterocycles. The molecular weight excluding hydrogens is 276 g/mol. The third kappa shape index (κ3) is 2.57. The second-order valence-electron chi connectivity index (χ2n) is 3.69. The number of H-pyrrole nitrogens is 1. The number of aromatic amines is 1. The van der Waals surface area contributed by atoms with Gasteiger partial charge in [-0.2, -0.15) is 4.98 Å². The van der Waals surface area contributed by atoms with Gasteiger partial charge in [-0.1, -0.05) is 0 Å². The predicted molar refractivity (Wildman–Crippen MR) is 62.3 cm³/mol. The van der Waals surface area contributed by atoms with E-state index >= 15 is 0 Å². The van der Waals surface area contributed by atoms with Gasteiger partial charge in [-0.15, -0.1) is 5.10 Å². The Balaban J connectivity index is 2.37. The molecule has 3 N–H and O–H groups in total. The molecule has 102 valence electrons. The molecule has 0 saturated carbocycles. The Morgan fingerprint density at radius 1 is 1.47 bits per heavy atom. The molecule has 0 spiro atoms. The average Bonchev–Trinajstić information content (AvgIpc) is 2.85. The number of hydrogen-bond donors (Lipinski definition) is 3. The van der Waals surface area contributed by atoms with Gasteiger partial charge < -0.3 is 9.52 Å². The molecule has 0 aromatic carbocycles. The van der Waals surface area contributed by atoms with Gasteiger partial charge in [-0.25, -0.2) is 17.9 Å².